The predicted molar refractivity (Wildman–Crippen MR) is 99.4 cm³/mol. The van der Waals surface area contributed by atoms with Crippen LogP contribution in [0.3, 0.4) is 0 Å². The van der Waals surface area contributed by atoms with Crippen LogP contribution in [0.25, 0.3) is 0 Å². The SMILES string of the molecule is CCNC(=NCC(c1ccccc1)C(C)C)NC1CC2CCC1O2. The Morgan fingerprint density at radius 3 is 2.62 bits per heavy atom. The van der Waals surface area contributed by atoms with E-state index in [1.165, 1.54) is 18.4 Å². The van der Waals surface area contributed by atoms with Crippen LogP contribution < -0.4 is 10.6 Å². The van der Waals surface area contributed by atoms with Crippen LogP contribution in [0.15, 0.2) is 35.3 Å². The molecule has 0 aliphatic carbocycles. The Hall–Kier alpha value is -1.55. The zero-order valence-corrected chi connectivity index (χ0v) is 15.2. The molecule has 0 saturated carbocycles. The van der Waals surface area contributed by atoms with Gasteiger partial charge in [-0.2, -0.15) is 0 Å². The highest BCUT2D eigenvalue weighted by molar-refractivity contribution is 5.80. The monoisotopic (exact) mass is 329 g/mol. The van der Waals surface area contributed by atoms with E-state index in [0.717, 1.165) is 25.5 Å². The molecule has 4 nitrogen and oxygen atoms in total. The number of nitrogens with zero attached hydrogens (tertiary/aromatic N) is 1. The van der Waals surface area contributed by atoms with E-state index in [2.05, 4.69) is 61.7 Å². The maximum atomic E-state index is 5.95. The lowest BCUT2D eigenvalue weighted by Crippen LogP contribution is -2.47. The van der Waals surface area contributed by atoms with Gasteiger partial charge in [0, 0.05) is 19.0 Å². The van der Waals surface area contributed by atoms with Crippen LogP contribution in [0.2, 0.25) is 0 Å². The van der Waals surface area contributed by atoms with E-state index in [-0.39, 0.29) is 0 Å². The number of fused-ring (bicyclic) bond motifs is 2. The zero-order valence-electron chi connectivity index (χ0n) is 15.2. The molecule has 1 aromatic carbocycles. The van der Waals surface area contributed by atoms with Crippen LogP contribution in [-0.2, 0) is 4.74 Å². The summed E-state index contributed by atoms with van der Waals surface area (Å²) in [6.07, 6.45) is 4.35. The van der Waals surface area contributed by atoms with Gasteiger partial charge in [0.1, 0.15) is 0 Å². The molecule has 2 heterocycles. The molecular weight excluding hydrogens is 298 g/mol. The molecule has 2 saturated heterocycles. The average molecular weight is 329 g/mol. The van der Waals surface area contributed by atoms with E-state index in [4.69, 9.17) is 9.73 Å². The molecule has 132 valence electrons. The standard InChI is InChI=1S/C20H31N3O/c1-4-21-20(23-18-12-16-10-11-19(18)24-16)22-13-17(14(2)3)15-8-6-5-7-9-15/h5-9,14,16-19H,4,10-13H2,1-3H3,(H2,21,22,23). The topological polar surface area (TPSA) is 45.7 Å². The van der Waals surface area contributed by atoms with Crippen molar-refractivity contribution in [1.29, 1.82) is 0 Å². The molecule has 2 fully saturated rings. The van der Waals surface area contributed by atoms with Gasteiger partial charge in [-0.1, -0.05) is 44.2 Å². The minimum Gasteiger partial charge on any atom is -0.373 e. The molecule has 0 aromatic heterocycles. The van der Waals surface area contributed by atoms with Crippen molar-refractivity contribution in [3.05, 3.63) is 35.9 Å². The first-order chi connectivity index (χ1) is 11.7. The summed E-state index contributed by atoms with van der Waals surface area (Å²) in [5, 5.41) is 7.01. The van der Waals surface area contributed by atoms with Gasteiger partial charge < -0.3 is 15.4 Å². The highest BCUT2D eigenvalue weighted by atomic mass is 16.5. The summed E-state index contributed by atoms with van der Waals surface area (Å²) < 4.78 is 5.95. The van der Waals surface area contributed by atoms with Crippen molar-refractivity contribution < 1.29 is 4.74 Å². The average Bonchev–Trinajstić information content (AvgIpc) is 3.18. The van der Waals surface area contributed by atoms with E-state index in [1.807, 2.05) is 0 Å². The summed E-state index contributed by atoms with van der Waals surface area (Å²) in [6.45, 7) is 8.35. The van der Waals surface area contributed by atoms with Gasteiger partial charge in [0.05, 0.1) is 18.2 Å². The molecule has 4 atom stereocenters. The number of rotatable bonds is 6. The van der Waals surface area contributed by atoms with Crippen molar-refractivity contribution in [2.75, 3.05) is 13.1 Å². The van der Waals surface area contributed by atoms with Gasteiger partial charge in [0.25, 0.3) is 0 Å². The molecule has 24 heavy (non-hydrogen) atoms. The Kier molecular flexibility index (Phi) is 5.77. The number of ether oxygens (including phenoxy) is 1. The summed E-state index contributed by atoms with van der Waals surface area (Å²) in [5.74, 6) is 1.93. The lowest BCUT2D eigenvalue weighted by Gasteiger charge is -2.24. The van der Waals surface area contributed by atoms with Crippen molar-refractivity contribution in [2.24, 2.45) is 10.9 Å². The van der Waals surface area contributed by atoms with Crippen molar-refractivity contribution in [1.82, 2.24) is 10.6 Å². The number of guanidine groups is 1. The number of benzene rings is 1. The fourth-order valence-corrected chi connectivity index (χ4v) is 3.88. The molecule has 2 bridgehead atoms. The summed E-state index contributed by atoms with van der Waals surface area (Å²) in [7, 11) is 0. The maximum absolute atomic E-state index is 5.95. The van der Waals surface area contributed by atoms with Crippen LogP contribution in [0.5, 0.6) is 0 Å². The van der Waals surface area contributed by atoms with E-state index in [1.54, 1.807) is 0 Å². The summed E-state index contributed by atoms with van der Waals surface area (Å²) in [5.41, 5.74) is 1.37. The Labute approximate surface area is 146 Å². The molecule has 3 rings (SSSR count). The van der Waals surface area contributed by atoms with Gasteiger partial charge in [-0.05, 0) is 37.7 Å². The van der Waals surface area contributed by atoms with Gasteiger partial charge in [-0.15, -0.1) is 0 Å². The van der Waals surface area contributed by atoms with Crippen LogP contribution in [0.4, 0.5) is 0 Å². The normalized spacial score (nSPS) is 27.5. The second kappa shape index (κ2) is 8.02. The molecule has 0 amide bonds. The predicted octanol–water partition coefficient (Wildman–Crippen LogP) is 3.30. The molecule has 4 unspecified atom stereocenters. The van der Waals surface area contributed by atoms with E-state index in [0.29, 0.717) is 30.1 Å². The quantitative estimate of drug-likeness (QED) is 0.622. The number of nitrogens with one attached hydrogen (secondary N) is 2. The van der Waals surface area contributed by atoms with Crippen molar-refractivity contribution in [2.45, 2.75) is 64.2 Å². The highest BCUT2D eigenvalue weighted by Crippen LogP contribution is 2.34. The van der Waals surface area contributed by atoms with Crippen LogP contribution in [0.1, 0.15) is 51.5 Å². The lowest BCUT2D eigenvalue weighted by molar-refractivity contribution is 0.0992. The Morgan fingerprint density at radius 2 is 2.04 bits per heavy atom. The largest absolute Gasteiger partial charge is 0.373 e. The van der Waals surface area contributed by atoms with Crippen LogP contribution in [-0.4, -0.2) is 37.3 Å². The van der Waals surface area contributed by atoms with Crippen molar-refractivity contribution >= 4 is 5.96 Å². The zero-order chi connectivity index (χ0) is 16.9. The molecule has 2 aliphatic heterocycles. The molecule has 2 aliphatic rings. The molecule has 0 spiro atoms. The molecule has 0 radical (unpaired) electrons. The second-order valence-electron chi connectivity index (χ2n) is 7.34. The van der Waals surface area contributed by atoms with Gasteiger partial charge >= 0.3 is 0 Å². The first-order valence-corrected chi connectivity index (χ1v) is 9.42. The Balaban J connectivity index is 1.65. The van der Waals surface area contributed by atoms with Gasteiger partial charge in [-0.3, -0.25) is 4.99 Å². The van der Waals surface area contributed by atoms with Gasteiger partial charge in [0.2, 0.25) is 0 Å². The Bertz CT molecular complexity index is 543. The molecular formula is C20H31N3O. The first-order valence-electron chi connectivity index (χ1n) is 9.42. The third-order valence-corrected chi connectivity index (χ3v) is 5.25. The number of hydrogen-bond acceptors (Lipinski definition) is 2. The fourth-order valence-electron chi connectivity index (χ4n) is 3.88. The third kappa shape index (κ3) is 4.10. The Morgan fingerprint density at radius 1 is 1.25 bits per heavy atom. The molecule has 2 N–H and O–H groups in total. The second-order valence-corrected chi connectivity index (χ2v) is 7.34. The van der Waals surface area contributed by atoms with Gasteiger partial charge in [-0.25, -0.2) is 0 Å². The van der Waals surface area contributed by atoms with Crippen LogP contribution in [0, 0.1) is 5.92 Å². The lowest BCUT2D eigenvalue weighted by atomic mass is 9.88. The van der Waals surface area contributed by atoms with E-state index < -0.39 is 0 Å². The molecule has 1 aromatic rings. The molecule has 4 heteroatoms. The first kappa shape index (κ1) is 17.3. The fraction of sp³-hybridized carbons (Fsp3) is 0.650. The van der Waals surface area contributed by atoms with E-state index >= 15 is 0 Å². The summed E-state index contributed by atoms with van der Waals surface area (Å²) in [4.78, 5) is 4.90. The summed E-state index contributed by atoms with van der Waals surface area (Å²) >= 11 is 0. The third-order valence-electron chi connectivity index (χ3n) is 5.25. The van der Waals surface area contributed by atoms with Crippen molar-refractivity contribution in [3.63, 3.8) is 0 Å². The smallest absolute Gasteiger partial charge is 0.191 e. The van der Waals surface area contributed by atoms with Crippen molar-refractivity contribution in [3.8, 4) is 0 Å². The van der Waals surface area contributed by atoms with E-state index in [9.17, 15) is 0 Å². The number of aliphatic imine (C=N–C) groups is 1. The minimum absolute atomic E-state index is 0.369. The number of hydrogen-bond donors (Lipinski definition) is 2. The highest BCUT2D eigenvalue weighted by Gasteiger charge is 2.41. The minimum atomic E-state index is 0.369. The van der Waals surface area contributed by atoms with Crippen LogP contribution >= 0.6 is 0 Å². The van der Waals surface area contributed by atoms with Gasteiger partial charge in [0.15, 0.2) is 5.96 Å². The summed E-state index contributed by atoms with van der Waals surface area (Å²) in [6, 6.07) is 11.1. The maximum Gasteiger partial charge on any atom is 0.191 e.